The lowest BCUT2D eigenvalue weighted by molar-refractivity contribution is -0.404. The summed E-state index contributed by atoms with van der Waals surface area (Å²) in [6.45, 7) is 2.00. The van der Waals surface area contributed by atoms with Gasteiger partial charge in [-0.2, -0.15) is 0 Å². The molecular weight excluding hydrogens is 210 g/mol. The Morgan fingerprint density at radius 2 is 2.56 bits per heavy atom. The predicted molar refractivity (Wildman–Crippen MR) is 55.5 cm³/mol. The van der Waals surface area contributed by atoms with Crippen LogP contribution in [-0.4, -0.2) is 32.9 Å². The van der Waals surface area contributed by atoms with E-state index in [0.717, 1.165) is 18.4 Å². The van der Waals surface area contributed by atoms with E-state index in [4.69, 9.17) is 0 Å². The molecule has 84 valence electrons. The van der Waals surface area contributed by atoms with Crippen LogP contribution < -0.4 is 5.32 Å². The van der Waals surface area contributed by atoms with E-state index in [9.17, 15) is 10.1 Å². The van der Waals surface area contributed by atoms with Gasteiger partial charge < -0.3 is 10.2 Å². The van der Waals surface area contributed by atoms with Crippen LogP contribution in [0.25, 0.3) is 0 Å². The summed E-state index contributed by atoms with van der Waals surface area (Å²) in [6.07, 6.45) is 4.10. The van der Waals surface area contributed by atoms with E-state index in [1.807, 2.05) is 4.90 Å². The molecule has 0 bridgehead atoms. The molecular formula is C9H11N5O2. The Morgan fingerprint density at radius 1 is 1.69 bits per heavy atom. The van der Waals surface area contributed by atoms with Gasteiger partial charge in [-0.15, -0.1) is 0 Å². The summed E-state index contributed by atoms with van der Waals surface area (Å²) in [4.78, 5) is 19.7. The Morgan fingerprint density at radius 3 is 3.25 bits per heavy atom. The van der Waals surface area contributed by atoms with Crippen LogP contribution in [0.2, 0.25) is 0 Å². The predicted octanol–water partition coefficient (Wildman–Crippen LogP) is -0.0426. The number of nitrogens with zero attached hydrogens (tertiary/aromatic N) is 4. The van der Waals surface area contributed by atoms with Crippen LogP contribution in [0.4, 0.5) is 0 Å². The maximum Gasteiger partial charge on any atom is 0.274 e. The van der Waals surface area contributed by atoms with Crippen LogP contribution in [0, 0.1) is 10.1 Å². The third kappa shape index (κ3) is 2.44. The Kier molecular flexibility index (Phi) is 2.95. The molecule has 0 atom stereocenters. The lowest BCUT2D eigenvalue weighted by Crippen LogP contribution is -2.21. The van der Waals surface area contributed by atoms with Crippen LogP contribution >= 0.6 is 0 Å². The molecule has 1 aliphatic heterocycles. The second-order valence-electron chi connectivity index (χ2n) is 3.35. The molecule has 0 aromatic carbocycles. The van der Waals surface area contributed by atoms with Crippen LogP contribution in [-0.2, 0) is 6.54 Å². The monoisotopic (exact) mass is 221 g/mol. The highest BCUT2D eigenvalue weighted by atomic mass is 16.6. The first-order chi connectivity index (χ1) is 7.75. The van der Waals surface area contributed by atoms with E-state index < -0.39 is 4.92 Å². The number of nitro groups is 1. The molecule has 0 radical (unpaired) electrons. The number of nitrogens with one attached hydrogen (secondary N) is 1. The minimum absolute atomic E-state index is 0.458. The molecule has 7 heteroatoms. The van der Waals surface area contributed by atoms with Gasteiger partial charge in [-0.3, -0.25) is 10.1 Å². The molecule has 0 amide bonds. The maximum atomic E-state index is 10.4. The van der Waals surface area contributed by atoms with Crippen LogP contribution in [0.15, 0.2) is 30.6 Å². The smallest absolute Gasteiger partial charge is 0.274 e. The number of rotatable bonds is 3. The standard InChI is InChI=1S/C9H11N5O2/c15-14(16)6-9-11-3-4-13(9)5-8-1-2-10-7-12-8/h1-2,6-7,11H,3-5H2/b9-6-. The van der Waals surface area contributed by atoms with Crippen molar-refractivity contribution in [1.29, 1.82) is 0 Å². The Labute approximate surface area is 92.0 Å². The van der Waals surface area contributed by atoms with Gasteiger partial charge >= 0.3 is 0 Å². The fraction of sp³-hybridized carbons (Fsp3) is 0.333. The highest BCUT2D eigenvalue weighted by Gasteiger charge is 2.19. The minimum Gasteiger partial charge on any atom is -0.365 e. The van der Waals surface area contributed by atoms with Crippen molar-refractivity contribution in [3.63, 3.8) is 0 Å². The average molecular weight is 221 g/mol. The summed E-state index contributed by atoms with van der Waals surface area (Å²) in [5.74, 6) is 0.531. The molecule has 0 aliphatic carbocycles. The van der Waals surface area contributed by atoms with Crippen molar-refractivity contribution in [2.24, 2.45) is 0 Å². The molecule has 1 fully saturated rings. The van der Waals surface area contributed by atoms with Crippen molar-refractivity contribution in [3.05, 3.63) is 46.4 Å². The summed E-state index contributed by atoms with van der Waals surface area (Å²) in [5.41, 5.74) is 0.841. The van der Waals surface area contributed by atoms with Gasteiger partial charge in [0.2, 0.25) is 0 Å². The van der Waals surface area contributed by atoms with Crippen molar-refractivity contribution in [2.45, 2.75) is 6.54 Å². The normalized spacial score (nSPS) is 17.5. The first kappa shape index (κ1) is 10.3. The lowest BCUT2D eigenvalue weighted by atomic mass is 10.4. The van der Waals surface area contributed by atoms with E-state index in [1.54, 1.807) is 12.3 Å². The summed E-state index contributed by atoms with van der Waals surface area (Å²) in [6, 6.07) is 1.79. The van der Waals surface area contributed by atoms with E-state index in [2.05, 4.69) is 15.3 Å². The minimum atomic E-state index is -0.458. The average Bonchev–Trinajstić information content (AvgIpc) is 2.66. The highest BCUT2D eigenvalue weighted by molar-refractivity contribution is 5.05. The van der Waals surface area contributed by atoms with Crippen LogP contribution in [0.1, 0.15) is 5.69 Å². The molecule has 1 N–H and O–H groups in total. The molecule has 0 saturated carbocycles. The zero-order valence-corrected chi connectivity index (χ0v) is 8.54. The Hall–Kier alpha value is -2.18. The van der Waals surface area contributed by atoms with Gasteiger partial charge in [-0.05, 0) is 6.07 Å². The molecule has 1 saturated heterocycles. The van der Waals surface area contributed by atoms with Gasteiger partial charge in [0, 0.05) is 19.3 Å². The van der Waals surface area contributed by atoms with Crippen molar-refractivity contribution >= 4 is 0 Å². The maximum absolute atomic E-state index is 10.4. The van der Waals surface area contributed by atoms with Crippen molar-refractivity contribution in [2.75, 3.05) is 13.1 Å². The Bertz CT molecular complexity index is 406. The fourth-order valence-corrected chi connectivity index (χ4v) is 1.55. The first-order valence-electron chi connectivity index (χ1n) is 4.85. The molecule has 2 rings (SSSR count). The van der Waals surface area contributed by atoms with Gasteiger partial charge in [0.05, 0.1) is 17.2 Å². The number of aromatic nitrogens is 2. The van der Waals surface area contributed by atoms with Gasteiger partial charge in [-0.25, -0.2) is 9.97 Å². The summed E-state index contributed by atoms with van der Waals surface area (Å²) in [7, 11) is 0. The number of hydrogen-bond acceptors (Lipinski definition) is 6. The molecule has 1 aromatic rings. The van der Waals surface area contributed by atoms with E-state index in [1.165, 1.54) is 6.33 Å². The molecule has 0 spiro atoms. The van der Waals surface area contributed by atoms with Crippen molar-refractivity contribution in [1.82, 2.24) is 20.2 Å². The topological polar surface area (TPSA) is 84.2 Å². The van der Waals surface area contributed by atoms with E-state index in [0.29, 0.717) is 18.9 Å². The van der Waals surface area contributed by atoms with Crippen molar-refractivity contribution < 1.29 is 4.92 Å². The zero-order chi connectivity index (χ0) is 11.4. The molecule has 1 aromatic heterocycles. The van der Waals surface area contributed by atoms with Gasteiger partial charge in [0.1, 0.15) is 6.33 Å². The largest absolute Gasteiger partial charge is 0.365 e. The molecule has 1 aliphatic rings. The summed E-state index contributed by atoms with van der Waals surface area (Å²) < 4.78 is 0. The quantitative estimate of drug-likeness (QED) is 0.569. The van der Waals surface area contributed by atoms with Gasteiger partial charge in [0.25, 0.3) is 6.20 Å². The van der Waals surface area contributed by atoms with E-state index >= 15 is 0 Å². The van der Waals surface area contributed by atoms with Gasteiger partial charge in [0.15, 0.2) is 5.82 Å². The molecule has 2 heterocycles. The molecule has 16 heavy (non-hydrogen) atoms. The number of hydrogen-bond donors (Lipinski definition) is 1. The Balaban J connectivity index is 2.07. The molecule has 7 nitrogen and oxygen atoms in total. The van der Waals surface area contributed by atoms with E-state index in [-0.39, 0.29) is 0 Å². The summed E-state index contributed by atoms with van der Waals surface area (Å²) >= 11 is 0. The van der Waals surface area contributed by atoms with Crippen LogP contribution in [0.3, 0.4) is 0 Å². The zero-order valence-electron chi connectivity index (χ0n) is 8.54. The SMILES string of the molecule is O=[N+]([O-])/C=C1/NCCN1Cc1ccncn1. The second-order valence-corrected chi connectivity index (χ2v) is 3.35. The highest BCUT2D eigenvalue weighted by Crippen LogP contribution is 2.10. The lowest BCUT2D eigenvalue weighted by Gasteiger charge is -2.15. The van der Waals surface area contributed by atoms with Gasteiger partial charge in [-0.1, -0.05) is 0 Å². The first-order valence-corrected chi connectivity index (χ1v) is 4.85. The second kappa shape index (κ2) is 4.56. The third-order valence-electron chi connectivity index (χ3n) is 2.25. The third-order valence-corrected chi connectivity index (χ3v) is 2.25. The van der Waals surface area contributed by atoms with Crippen LogP contribution in [0.5, 0.6) is 0 Å². The van der Waals surface area contributed by atoms with Crippen molar-refractivity contribution in [3.8, 4) is 0 Å². The fourth-order valence-electron chi connectivity index (χ4n) is 1.55. The molecule has 0 unspecified atom stereocenters. The summed E-state index contributed by atoms with van der Waals surface area (Å²) in [5, 5.41) is 13.4.